The van der Waals surface area contributed by atoms with Crippen LogP contribution < -0.4 is 5.32 Å². The fourth-order valence-corrected chi connectivity index (χ4v) is 1.57. The molecule has 0 aliphatic heterocycles. The van der Waals surface area contributed by atoms with E-state index in [0.717, 1.165) is 12.0 Å². The summed E-state index contributed by atoms with van der Waals surface area (Å²) in [4.78, 5) is 11.5. The number of aliphatic hydroxyl groups is 1. The molecule has 0 bridgehead atoms. The van der Waals surface area contributed by atoms with Crippen molar-refractivity contribution in [2.24, 2.45) is 0 Å². The van der Waals surface area contributed by atoms with Crippen LogP contribution in [0.4, 0.5) is 0 Å². The van der Waals surface area contributed by atoms with Crippen molar-refractivity contribution in [1.29, 1.82) is 0 Å². The zero-order valence-corrected chi connectivity index (χ0v) is 11.0. The van der Waals surface area contributed by atoms with Gasteiger partial charge in [0.1, 0.15) is 0 Å². The van der Waals surface area contributed by atoms with Gasteiger partial charge in [0.25, 0.3) is 0 Å². The first-order chi connectivity index (χ1) is 8.61. The average Bonchev–Trinajstić information content (AvgIpc) is 2.36. The summed E-state index contributed by atoms with van der Waals surface area (Å²) in [5.74, 6) is -0.125. The predicted octanol–water partition coefficient (Wildman–Crippen LogP) is 2.29. The monoisotopic (exact) mass is 247 g/mol. The smallest absolute Gasteiger partial charge is 0.244 e. The highest BCUT2D eigenvalue weighted by Crippen LogP contribution is 2.05. The van der Waals surface area contributed by atoms with E-state index >= 15 is 0 Å². The molecule has 0 spiro atoms. The fourth-order valence-electron chi connectivity index (χ4n) is 1.57. The Balaban J connectivity index is 2.36. The second-order valence-electron chi connectivity index (χ2n) is 4.39. The van der Waals surface area contributed by atoms with Crippen molar-refractivity contribution in [1.82, 2.24) is 5.32 Å². The van der Waals surface area contributed by atoms with Crippen molar-refractivity contribution in [2.45, 2.75) is 32.8 Å². The molecular formula is C15H21NO2. The van der Waals surface area contributed by atoms with Crippen molar-refractivity contribution in [3.8, 4) is 0 Å². The lowest BCUT2D eigenvalue weighted by atomic mass is 10.1. The Hall–Kier alpha value is -1.61. The number of benzene rings is 1. The third-order valence-corrected chi connectivity index (χ3v) is 2.72. The van der Waals surface area contributed by atoms with Crippen LogP contribution in [-0.2, 0) is 4.79 Å². The lowest BCUT2D eigenvalue weighted by Crippen LogP contribution is -2.25. The number of carbonyl (C=O) groups is 1. The number of amides is 1. The summed E-state index contributed by atoms with van der Waals surface area (Å²) in [6, 6.07) is 7.95. The number of nitrogens with one attached hydrogen (secondary N) is 1. The zero-order chi connectivity index (χ0) is 13.4. The Kier molecular flexibility index (Phi) is 6.15. The molecule has 1 amide bonds. The predicted molar refractivity (Wildman–Crippen MR) is 74.1 cm³/mol. The van der Waals surface area contributed by atoms with Crippen molar-refractivity contribution < 1.29 is 9.90 Å². The van der Waals surface area contributed by atoms with Crippen LogP contribution in [0.3, 0.4) is 0 Å². The summed E-state index contributed by atoms with van der Waals surface area (Å²) in [5.41, 5.74) is 2.18. The molecule has 0 heterocycles. The number of hydrogen-bond acceptors (Lipinski definition) is 2. The van der Waals surface area contributed by atoms with Crippen molar-refractivity contribution >= 4 is 12.0 Å². The molecule has 1 aromatic carbocycles. The van der Waals surface area contributed by atoms with Crippen LogP contribution in [-0.4, -0.2) is 23.7 Å². The van der Waals surface area contributed by atoms with Crippen molar-refractivity contribution in [3.63, 3.8) is 0 Å². The Bertz CT molecular complexity index is 413. The normalized spacial score (nSPS) is 12.6. The first-order valence-corrected chi connectivity index (χ1v) is 6.32. The van der Waals surface area contributed by atoms with Crippen molar-refractivity contribution in [3.05, 3.63) is 41.5 Å². The zero-order valence-electron chi connectivity index (χ0n) is 11.0. The van der Waals surface area contributed by atoms with Crippen LogP contribution in [0.5, 0.6) is 0 Å². The SMILES string of the molecule is CCC(O)CCNC(=O)/C=C/c1cccc(C)c1. The van der Waals surface area contributed by atoms with Crippen LogP contribution in [0.1, 0.15) is 30.9 Å². The van der Waals surface area contributed by atoms with E-state index in [2.05, 4.69) is 5.32 Å². The maximum absolute atomic E-state index is 11.5. The fraction of sp³-hybridized carbons (Fsp3) is 0.400. The lowest BCUT2D eigenvalue weighted by Gasteiger charge is -2.07. The highest BCUT2D eigenvalue weighted by Gasteiger charge is 2.01. The molecule has 0 radical (unpaired) electrons. The molecule has 1 rings (SSSR count). The maximum Gasteiger partial charge on any atom is 0.244 e. The molecule has 2 N–H and O–H groups in total. The summed E-state index contributed by atoms with van der Waals surface area (Å²) in [6.07, 6.45) is 4.30. The van der Waals surface area contributed by atoms with Gasteiger partial charge in [0, 0.05) is 12.6 Å². The van der Waals surface area contributed by atoms with Gasteiger partial charge in [-0.2, -0.15) is 0 Å². The van der Waals surface area contributed by atoms with E-state index in [1.54, 1.807) is 6.08 Å². The minimum absolute atomic E-state index is 0.125. The number of hydrogen-bond donors (Lipinski definition) is 2. The minimum atomic E-state index is -0.328. The summed E-state index contributed by atoms with van der Waals surface area (Å²) in [5, 5.41) is 12.1. The van der Waals surface area contributed by atoms with E-state index in [9.17, 15) is 9.90 Å². The molecule has 1 aromatic rings. The molecule has 3 nitrogen and oxygen atoms in total. The summed E-state index contributed by atoms with van der Waals surface area (Å²) < 4.78 is 0. The molecule has 0 saturated heterocycles. The second kappa shape index (κ2) is 7.67. The van der Waals surface area contributed by atoms with Gasteiger partial charge in [0.15, 0.2) is 0 Å². The van der Waals surface area contributed by atoms with E-state index < -0.39 is 0 Å². The maximum atomic E-state index is 11.5. The topological polar surface area (TPSA) is 49.3 Å². The van der Waals surface area contributed by atoms with Gasteiger partial charge in [-0.25, -0.2) is 0 Å². The Morgan fingerprint density at radius 2 is 2.28 bits per heavy atom. The third-order valence-electron chi connectivity index (χ3n) is 2.72. The molecule has 98 valence electrons. The molecule has 0 saturated carbocycles. The van der Waals surface area contributed by atoms with Crippen LogP contribution in [0.2, 0.25) is 0 Å². The van der Waals surface area contributed by atoms with E-state index in [0.29, 0.717) is 13.0 Å². The molecule has 0 aliphatic rings. The summed E-state index contributed by atoms with van der Waals surface area (Å²) >= 11 is 0. The number of aryl methyl sites for hydroxylation is 1. The van der Waals surface area contributed by atoms with Gasteiger partial charge in [0.05, 0.1) is 6.10 Å². The van der Waals surface area contributed by atoms with Gasteiger partial charge >= 0.3 is 0 Å². The molecule has 18 heavy (non-hydrogen) atoms. The molecule has 0 fully saturated rings. The quantitative estimate of drug-likeness (QED) is 0.758. The molecule has 1 atom stereocenters. The summed E-state index contributed by atoms with van der Waals surface area (Å²) in [6.45, 7) is 4.44. The largest absolute Gasteiger partial charge is 0.393 e. The standard InChI is InChI=1S/C15H21NO2/c1-3-14(17)9-10-16-15(18)8-7-13-6-4-5-12(2)11-13/h4-8,11,14,17H,3,9-10H2,1-2H3,(H,16,18)/b8-7+. The first kappa shape index (κ1) is 14.5. The van der Waals surface area contributed by atoms with Gasteiger partial charge in [-0.05, 0) is 31.4 Å². The molecule has 3 heteroatoms. The van der Waals surface area contributed by atoms with Crippen molar-refractivity contribution in [2.75, 3.05) is 6.54 Å². The molecular weight excluding hydrogens is 226 g/mol. The summed E-state index contributed by atoms with van der Waals surface area (Å²) in [7, 11) is 0. The van der Waals surface area contributed by atoms with Gasteiger partial charge in [0.2, 0.25) is 5.91 Å². The van der Waals surface area contributed by atoms with Crippen LogP contribution >= 0.6 is 0 Å². The lowest BCUT2D eigenvalue weighted by molar-refractivity contribution is -0.116. The van der Waals surface area contributed by atoms with Crippen LogP contribution in [0.25, 0.3) is 6.08 Å². The Labute approximate surface area is 109 Å². The van der Waals surface area contributed by atoms with E-state index in [4.69, 9.17) is 0 Å². The Morgan fingerprint density at radius 1 is 1.50 bits per heavy atom. The highest BCUT2D eigenvalue weighted by atomic mass is 16.3. The number of rotatable bonds is 6. The number of carbonyl (C=O) groups excluding carboxylic acids is 1. The van der Waals surface area contributed by atoms with Crippen LogP contribution in [0.15, 0.2) is 30.3 Å². The van der Waals surface area contributed by atoms with E-state index in [-0.39, 0.29) is 12.0 Å². The number of aliphatic hydroxyl groups excluding tert-OH is 1. The van der Waals surface area contributed by atoms with Gasteiger partial charge < -0.3 is 10.4 Å². The van der Waals surface area contributed by atoms with E-state index in [1.807, 2.05) is 38.1 Å². The van der Waals surface area contributed by atoms with Crippen LogP contribution in [0, 0.1) is 6.92 Å². The molecule has 0 aromatic heterocycles. The average molecular weight is 247 g/mol. The van der Waals surface area contributed by atoms with Gasteiger partial charge in [-0.1, -0.05) is 36.8 Å². The highest BCUT2D eigenvalue weighted by molar-refractivity contribution is 5.91. The second-order valence-corrected chi connectivity index (χ2v) is 4.39. The third kappa shape index (κ3) is 5.64. The molecule has 1 unspecified atom stereocenters. The van der Waals surface area contributed by atoms with E-state index in [1.165, 1.54) is 11.6 Å². The minimum Gasteiger partial charge on any atom is -0.393 e. The first-order valence-electron chi connectivity index (χ1n) is 6.32. The Morgan fingerprint density at radius 3 is 2.94 bits per heavy atom. The van der Waals surface area contributed by atoms with Gasteiger partial charge in [-0.3, -0.25) is 4.79 Å². The molecule has 0 aliphatic carbocycles. The van der Waals surface area contributed by atoms with Gasteiger partial charge in [-0.15, -0.1) is 0 Å².